The Morgan fingerprint density at radius 2 is 2.23 bits per heavy atom. The van der Waals surface area contributed by atoms with Crippen molar-refractivity contribution >= 4 is 0 Å². The highest BCUT2D eigenvalue weighted by Crippen LogP contribution is 2.13. The largest absolute Gasteiger partial charge is 0.323 e. The van der Waals surface area contributed by atoms with Crippen molar-refractivity contribution in [2.24, 2.45) is 5.73 Å². The fourth-order valence-electron chi connectivity index (χ4n) is 1.17. The van der Waals surface area contributed by atoms with Gasteiger partial charge in [0.2, 0.25) is 0 Å². The van der Waals surface area contributed by atoms with Gasteiger partial charge in [0.1, 0.15) is 0 Å². The molecule has 1 rings (SSSR count). The molecule has 0 aromatic carbocycles. The van der Waals surface area contributed by atoms with Crippen molar-refractivity contribution in [3.63, 3.8) is 0 Å². The second-order valence-corrected chi connectivity index (χ2v) is 3.61. The topological polar surface area (TPSA) is 56.7 Å². The molecule has 1 aromatic rings. The molecule has 1 atom stereocenters. The van der Waals surface area contributed by atoms with E-state index in [0.717, 1.165) is 18.5 Å². The normalized spacial score (nSPS) is 13.6. The van der Waals surface area contributed by atoms with Gasteiger partial charge in [0.25, 0.3) is 0 Å². The van der Waals surface area contributed by atoms with Gasteiger partial charge in [-0.1, -0.05) is 18.6 Å². The summed E-state index contributed by atoms with van der Waals surface area (Å²) in [6, 6.07) is 0.396. The summed E-state index contributed by atoms with van der Waals surface area (Å²) < 4.78 is 1.84. The maximum absolute atomic E-state index is 5.90. The first kappa shape index (κ1) is 10.2. The van der Waals surface area contributed by atoms with Crippen molar-refractivity contribution in [3.8, 4) is 0 Å². The van der Waals surface area contributed by atoms with Crippen LogP contribution in [0.5, 0.6) is 0 Å². The molecular weight excluding hydrogens is 164 g/mol. The summed E-state index contributed by atoms with van der Waals surface area (Å²) >= 11 is 0. The van der Waals surface area contributed by atoms with Gasteiger partial charge in [0.15, 0.2) is 0 Å². The zero-order valence-electron chi connectivity index (χ0n) is 8.57. The van der Waals surface area contributed by atoms with Gasteiger partial charge in [0, 0.05) is 6.04 Å². The van der Waals surface area contributed by atoms with Crippen LogP contribution in [0.25, 0.3) is 0 Å². The highest BCUT2D eigenvalue weighted by Gasteiger charge is 2.10. The van der Waals surface area contributed by atoms with E-state index >= 15 is 0 Å². The van der Waals surface area contributed by atoms with E-state index < -0.39 is 0 Å². The Labute approximate surface area is 79.1 Å². The second kappa shape index (κ2) is 4.37. The second-order valence-electron chi connectivity index (χ2n) is 3.61. The molecule has 4 nitrogen and oxygen atoms in total. The number of hydrogen-bond acceptors (Lipinski definition) is 3. The summed E-state index contributed by atoms with van der Waals surface area (Å²) in [5, 5.41) is 8.05. The van der Waals surface area contributed by atoms with Crippen LogP contribution >= 0.6 is 0 Å². The van der Waals surface area contributed by atoms with E-state index in [1.807, 2.05) is 10.9 Å². The smallest absolute Gasteiger partial charge is 0.0994 e. The van der Waals surface area contributed by atoms with E-state index in [9.17, 15) is 0 Å². The molecule has 0 saturated carbocycles. The van der Waals surface area contributed by atoms with Gasteiger partial charge in [-0.3, -0.25) is 0 Å². The Bertz CT molecular complexity index is 254. The van der Waals surface area contributed by atoms with Crippen molar-refractivity contribution in [3.05, 3.63) is 11.9 Å². The molecule has 0 radical (unpaired) electrons. The summed E-state index contributed by atoms with van der Waals surface area (Å²) in [5.74, 6) is 0. The molecule has 0 aliphatic heterocycles. The Morgan fingerprint density at radius 3 is 2.69 bits per heavy atom. The molecule has 13 heavy (non-hydrogen) atoms. The Morgan fingerprint density at radius 1 is 1.54 bits per heavy atom. The third-order valence-electron chi connectivity index (χ3n) is 2.04. The molecule has 1 aromatic heterocycles. The summed E-state index contributed by atoms with van der Waals surface area (Å²) in [5.41, 5.74) is 6.80. The lowest BCUT2D eigenvalue weighted by atomic mass is 10.1. The maximum atomic E-state index is 5.90. The summed E-state index contributed by atoms with van der Waals surface area (Å²) in [4.78, 5) is 0. The first-order valence-electron chi connectivity index (χ1n) is 4.82. The standard InChI is InChI=1S/C9H18N4/c1-4-5-8(10)9-6-13(7(2)3)12-11-9/h6-8H,4-5,10H2,1-3H3. The molecule has 4 heteroatoms. The lowest BCUT2D eigenvalue weighted by molar-refractivity contribution is 0.514. The van der Waals surface area contributed by atoms with E-state index in [2.05, 4.69) is 31.1 Å². The first-order chi connectivity index (χ1) is 6.15. The molecule has 0 aliphatic carbocycles. The van der Waals surface area contributed by atoms with Gasteiger partial charge in [-0.15, -0.1) is 5.10 Å². The predicted octanol–water partition coefficient (Wildman–Crippen LogP) is 1.66. The van der Waals surface area contributed by atoms with Gasteiger partial charge in [-0.2, -0.15) is 0 Å². The Balaban J connectivity index is 2.67. The van der Waals surface area contributed by atoms with Crippen LogP contribution in [0.1, 0.15) is 51.4 Å². The SMILES string of the molecule is CCCC(N)c1cn(C(C)C)nn1. The lowest BCUT2D eigenvalue weighted by Crippen LogP contribution is -2.10. The predicted molar refractivity (Wildman–Crippen MR) is 52.2 cm³/mol. The van der Waals surface area contributed by atoms with Crippen LogP contribution < -0.4 is 5.73 Å². The van der Waals surface area contributed by atoms with Crippen LogP contribution in [0.3, 0.4) is 0 Å². The average Bonchev–Trinajstić information content (AvgIpc) is 2.52. The first-order valence-corrected chi connectivity index (χ1v) is 4.82. The van der Waals surface area contributed by atoms with E-state index in [1.165, 1.54) is 0 Å². The van der Waals surface area contributed by atoms with Gasteiger partial charge in [-0.05, 0) is 20.3 Å². The van der Waals surface area contributed by atoms with Crippen LogP contribution in [-0.2, 0) is 0 Å². The van der Waals surface area contributed by atoms with E-state index in [0.29, 0.717) is 6.04 Å². The van der Waals surface area contributed by atoms with Crippen molar-refractivity contribution in [2.75, 3.05) is 0 Å². The van der Waals surface area contributed by atoms with Crippen molar-refractivity contribution in [1.29, 1.82) is 0 Å². The fraction of sp³-hybridized carbons (Fsp3) is 0.778. The molecule has 0 amide bonds. The number of rotatable bonds is 4. The fourth-order valence-corrected chi connectivity index (χ4v) is 1.17. The number of hydrogen-bond donors (Lipinski definition) is 1. The zero-order chi connectivity index (χ0) is 9.84. The third kappa shape index (κ3) is 2.52. The molecule has 0 saturated heterocycles. The van der Waals surface area contributed by atoms with Gasteiger partial charge in [-0.25, -0.2) is 4.68 Å². The minimum absolute atomic E-state index is 0.0394. The number of nitrogens with zero attached hydrogens (tertiary/aromatic N) is 3. The minimum Gasteiger partial charge on any atom is -0.323 e. The molecule has 0 spiro atoms. The number of aromatic nitrogens is 3. The van der Waals surface area contributed by atoms with Gasteiger partial charge in [0.05, 0.1) is 17.9 Å². The summed E-state index contributed by atoms with van der Waals surface area (Å²) in [7, 11) is 0. The molecule has 0 fully saturated rings. The molecule has 2 N–H and O–H groups in total. The minimum atomic E-state index is 0.0394. The molecule has 74 valence electrons. The van der Waals surface area contributed by atoms with E-state index in [4.69, 9.17) is 5.73 Å². The third-order valence-corrected chi connectivity index (χ3v) is 2.04. The number of nitrogens with two attached hydrogens (primary N) is 1. The summed E-state index contributed by atoms with van der Waals surface area (Å²) in [6.45, 7) is 6.26. The molecule has 0 bridgehead atoms. The van der Waals surface area contributed by atoms with Crippen LogP contribution in [0, 0.1) is 0 Å². The molecule has 1 unspecified atom stereocenters. The van der Waals surface area contributed by atoms with Crippen LogP contribution in [-0.4, -0.2) is 15.0 Å². The zero-order valence-corrected chi connectivity index (χ0v) is 8.57. The van der Waals surface area contributed by atoms with Gasteiger partial charge >= 0.3 is 0 Å². The van der Waals surface area contributed by atoms with Crippen LogP contribution in [0.4, 0.5) is 0 Å². The quantitative estimate of drug-likeness (QED) is 0.770. The highest BCUT2D eigenvalue weighted by atomic mass is 15.4. The van der Waals surface area contributed by atoms with E-state index in [1.54, 1.807) is 0 Å². The van der Waals surface area contributed by atoms with Crippen molar-refractivity contribution in [2.45, 2.75) is 45.7 Å². The molecule has 0 aliphatic rings. The Kier molecular flexibility index (Phi) is 3.42. The van der Waals surface area contributed by atoms with Gasteiger partial charge < -0.3 is 5.73 Å². The molecule has 1 heterocycles. The van der Waals surface area contributed by atoms with Crippen LogP contribution in [0.15, 0.2) is 6.20 Å². The highest BCUT2D eigenvalue weighted by molar-refractivity contribution is 4.99. The maximum Gasteiger partial charge on any atom is 0.0994 e. The lowest BCUT2D eigenvalue weighted by Gasteiger charge is -2.05. The molecular formula is C9H18N4. The van der Waals surface area contributed by atoms with Crippen molar-refractivity contribution < 1.29 is 0 Å². The van der Waals surface area contributed by atoms with Crippen LogP contribution in [0.2, 0.25) is 0 Å². The average molecular weight is 182 g/mol. The monoisotopic (exact) mass is 182 g/mol. The summed E-state index contributed by atoms with van der Waals surface area (Å²) in [6.07, 6.45) is 3.98. The van der Waals surface area contributed by atoms with Crippen molar-refractivity contribution in [1.82, 2.24) is 15.0 Å². The van der Waals surface area contributed by atoms with E-state index in [-0.39, 0.29) is 6.04 Å². The Hall–Kier alpha value is -0.900.